The van der Waals surface area contributed by atoms with Crippen LogP contribution in [0, 0.1) is 12.3 Å². The van der Waals surface area contributed by atoms with Gasteiger partial charge in [-0.05, 0) is 26.2 Å². The standard InChI is InChI=1S/C11H18N2OS/c1-9-10(15-8-13-9)2-5-12-6-11(7-14)3-4-11/h8,12,14H,2-7H2,1H3. The van der Waals surface area contributed by atoms with Crippen molar-refractivity contribution >= 4 is 11.3 Å². The van der Waals surface area contributed by atoms with Crippen molar-refractivity contribution in [2.45, 2.75) is 26.2 Å². The molecule has 1 heterocycles. The number of rotatable bonds is 6. The van der Waals surface area contributed by atoms with E-state index in [1.165, 1.54) is 17.7 Å². The van der Waals surface area contributed by atoms with Crippen molar-refractivity contribution in [1.29, 1.82) is 0 Å². The Balaban J connectivity index is 1.65. The van der Waals surface area contributed by atoms with Gasteiger partial charge >= 0.3 is 0 Å². The summed E-state index contributed by atoms with van der Waals surface area (Å²) >= 11 is 1.73. The van der Waals surface area contributed by atoms with E-state index < -0.39 is 0 Å². The van der Waals surface area contributed by atoms with Crippen LogP contribution in [0.25, 0.3) is 0 Å². The molecular formula is C11H18N2OS. The van der Waals surface area contributed by atoms with Crippen LogP contribution in [0.4, 0.5) is 0 Å². The maximum atomic E-state index is 9.14. The highest BCUT2D eigenvalue weighted by Crippen LogP contribution is 2.44. The highest BCUT2D eigenvalue weighted by molar-refractivity contribution is 7.09. The molecule has 1 fully saturated rings. The summed E-state index contributed by atoms with van der Waals surface area (Å²) in [7, 11) is 0. The van der Waals surface area contributed by atoms with Crippen molar-refractivity contribution in [1.82, 2.24) is 10.3 Å². The van der Waals surface area contributed by atoms with Crippen LogP contribution in [0.15, 0.2) is 5.51 Å². The number of aliphatic hydroxyl groups excluding tert-OH is 1. The molecule has 3 nitrogen and oxygen atoms in total. The number of nitrogens with zero attached hydrogens (tertiary/aromatic N) is 1. The van der Waals surface area contributed by atoms with Crippen molar-refractivity contribution < 1.29 is 5.11 Å². The quantitative estimate of drug-likeness (QED) is 0.720. The summed E-state index contributed by atoms with van der Waals surface area (Å²) < 4.78 is 0. The molecule has 84 valence electrons. The molecule has 0 amide bonds. The smallest absolute Gasteiger partial charge is 0.0797 e. The van der Waals surface area contributed by atoms with Gasteiger partial charge in [0.15, 0.2) is 0 Å². The van der Waals surface area contributed by atoms with Gasteiger partial charge in [-0.25, -0.2) is 4.98 Å². The zero-order chi connectivity index (χ0) is 10.7. The number of thiazole rings is 1. The fraction of sp³-hybridized carbons (Fsp3) is 0.727. The summed E-state index contributed by atoms with van der Waals surface area (Å²) in [6.07, 6.45) is 3.41. The normalized spacial score (nSPS) is 18.0. The van der Waals surface area contributed by atoms with Crippen LogP contribution in [-0.4, -0.2) is 29.8 Å². The van der Waals surface area contributed by atoms with Crippen LogP contribution < -0.4 is 5.32 Å². The van der Waals surface area contributed by atoms with Gasteiger partial charge in [0, 0.05) is 30.0 Å². The maximum Gasteiger partial charge on any atom is 0.0797 e. The lowest BCUT2D eigenvalue weighted by Crippen LogP contribution is -2.28. The molecule has 0 aliphatic heterocycles. The van der Waals surface area contributed by atoms with Crippen LogP contribution in [0.3, 0.4) is 0 Å². The first-order valence-corrected chi connectivity index (χ1v) is 6.34. The average Bonchev–Trinajstić information content (AvgIpc) is 2.92. The Bertz CT molecular complexity index is 320. The number of aryl methyl sites for hydroxylation is 1. The molecule has 0 unspecified atom stereocenters. The Kier molecular flexibility index (Phi) is 3.38. The van der Waals surface area contributed by atoms with E-state index in [-0.39, 0.29) is 5.41 Å². The monoisotopic (exact) mass is 226 g/mol. The molecule has 0 atom stereocenters. The molecule has 1 aromatic rings. The second-order valence-electron chi connectivity index (χ2n) is 4.45. The second kappa shape index (κ2) is 4.60. The van der Waals surface area contributed by atoms with Gasteiger partial charge in [-0.1, -0.05) is 0 Å². The molecule has 1 aliphatic rings. The van der Waals surface area contributed by atoms with Crippen molar-refractivity contribution in [3.63, 3.8) is 0 Å². The molecule has 0 bridgehead atoms. The first kappa shape index (κ1) is 11.0. The minimum absolute atomic E-state index is 0.225. The zero-order valence-electron chi connectivity index (χ0n) is 9.12. The van der Waals surface area contributed by atoms with Gasteiger partial charge in [0.2, 0.25) is 0 Å². The zero-order valence-corrected chi connectivity index (χ0v) is 9.94. The summed E-state index contributed by atoms with van der Waals surface area (Å²) in [6.45, 7) is 4.34. The van der Waals surface area contributed by atoms with Gasteiger partial charge in [0.1, 0.15) is 0 Å². The molecule has 1 aromatic heterocycles. The van der Waals surface area contributed by atoms with Crippen LogP contribution in [-0.2, 0) is 6.42 Å². The van der Waals surface area contributed by atoms with Gasteiger partial charge in [0.25, 0.3) is 0 Å². The van der Waals surface area contributed by atoms with Gasteiger partial charge in [-0.3, -0.25) is 0 Å². The third-order valence-electron chi connectivity index (χ3n) is 3.17. The molecule has 0 radical (unpaired) electrons. The topological polar surface area (TPSA) is 45.2 Å². The Morgan fingerprint density at radius 2 is 2.40 bits per heavy atom. The fourth-order valence-electron chi connectivity index (χ4n) is 1.69. The molecule has 15 heavy (non-hydrogen) atoms. The third-order valence-corrected chi connectivity index (χ3v) is 4.16. The van der Waals surface area contributed by atoms with E-state index >= 15 is 0 Å². The van der Waals surface area contributed by atoms with E-state index in [0.717, 1.165) is 25.2 Å². The predicted octanol–water partition coefficient (Wildman–Crippen LogP) is 1.36. The van der Waals surface area contributed by atoms with E-state index in [4.69, 9.17) is 5.11 Å². The van der Waals surface area contributed by atoms with E-state index in [9.17, 15) is 0 Å². The van der Waals surface area contributed by atoms with Crippen molar-refractivity contribution in [3.8, 4) is 0 Å². The average molecular weight is 226 g/mol. The van der Waals surface area contributed by atoms with Crippen LogP contribution >= 0.6 is 11.3 Å². The predicted molar refractivity (Wildman–Crippen MR) is 62.2 cm³/mol. The van der Waals surface area contributed by atoms with E-state index in [1.807, 2.05) is 5.51 Å². The molecule has 1 aliphatic carbocycles. The Morgan fingerprint density at radius 3 is 2.93 bits per heavy atom. The fourth-order valence-corrected chi connectivity index (χ4v) is 2.47. The van der Waals surface area contributed by atoms with Crippen LogP contribution in [0.2, 0.25) is 0 Å². The summed E-state index contributed by atoms with van der Waals surface area (Å²) in [5, 5.41) is 12.6. The molecule has 0 spiro atoms. The first-order chi connectivity index (χ1) is 7.26. The van der Waals surface area contributed by atoms with E-state index in [0.29, 0.717) is 6.61 Å². The molecule has 2 N–H and O–H groups in total. The lowest BCUT2D eigenvalue weighted by Gasteiger charge is -2.12. The summed E-state index contributed by atoms with van der Waals surface area (Å²) in [5.41, 5.74) is 3.29. The lowest BCUT2D eigenvalue weighted by atomic mass is 10.1. The van der Waals surface area contributed by atoms with E-state index in [1.54, 1.807) is 11.3 Å². The minimum Gasteiger partial charge on any atom is -0.396 e. The maximum absolute atomic E-state index is 9.14. The van der Waals surface area contributed by atoms with E-state index in [2.05, 4.69) is 17.2 Å². The van der Waals surface area contributed by atoms with Crippen molar-refractivity contribution in [2.75, 3.05) is 19.7 Å². The van der Waals surface area contributed by atoms with Gasteiger partial charge in [-0.15, -0.1) is 11.3 Å². The van der Waals surface area contributed by atoms with Crippen LogP contribution in [0.5, 0.6) is 0 Å². The summed E-state index contributed by atoms with van der Waals surface area (Å²) in [4.78, 5) is 5.59. The van der Waals surface area contributed by atoms with Crippen molar-refractivity contribution in [3.05, 3.63) is 16.1 Å². The van der Waals surface area contributed by atoms with Crippen LogP contribution in [0.1, 0.15) is 23.4 Å². The Morgan fingerprint density at radius 1 is 1.60 bits per heavy atom. The van der Waals surface area contributed by atoms with Gasteiger partial charge in [0.05, 0.1) is 11.2 Å². The Labute approximate surface area is 94.5 Å². The molecular weight excluding hydrogens is 208 g/mol. The Hall–Kier alpha value is -0.450. The number of aromatic nitrogens is 1. The minimum atomic E-state index is 0.225. The number of nitrogens with one attached hydrogen (secondary N) is 1. The molecule has 0 saturated heterocycles. The number of aliphatic hydroxyl groups is 1. The highest BCUT2D eigenvalue weighted by atomic mass is 32.1. The first-order valence-electron chi connectivity index (χ1n) is 5.46. The largest absolute Gasteiger partial charge is 0.396 e. The summed E-state index contributed by atoms with van der Waals surface area (Å²) in [6, 6.07) is 0. The molecule has 0 aromatic carbocycles. The number of hydrogen-bond donors (Lipinski definition) is 2. The third kappa shape index (κ3) is 2.77. The second-order valence-corrected chi connectivity index (χ2v) is 5.39. The summed E-state index contributed by atoms with van der Waals surface area (Å²) in [5.74, 6) is 0. The highest BCUT2D eigenvalue weighted by Gasteiger charge is 2.41. The molecule has 4 heteroatoms. The SMILES string of the molecule is Cc1ncsc1CCNCC1(CO)CC1. The van der Waals surface area contributed by atoms with Gasteiger partial charge < -0.3 is 10.4 Å². The number of hydrogen-bond acceptors (Lipinski definition) is 4. The lowest BCUT2D eigenvalue weighted by molar-refractivity contribution is 0.208. The molecule has 2 rings (SSSR count). The molecule has 1 saturated carbocycles. The van der Waals surface area contributed by atoms with Gasteiger partial charge in [-0.2, -0.15) is 0 Å². The van der Waals surface area contributed by atoms with Crippen molar-refractivity contribution in [2.24, 2.45) is 5.41 Å².